The van der Waals surface area contributed by atoms with Gasteiger partial charge in [0, 0.05) is 15.6 Å². The molecule has 4 nitrogen and oxygen atoms in total. The van der Waals surface area contributed by atoms with Crippen molar-refractivity contribution in [1.29, 1.82) is 0 Å². The van der Waals surface area contributed by atoms with Crippen LogP contribution in [0.3, 0.4) is 0 Å². The molecule has 3 rings (SSSR count). The number of halogens is 4. The van der Waals surface area contributed by atoms with Gasteiger partial charge in [0.05, 0.1) is 17.1 Å². The predicted octanol–water partition coefficient (Wildman–Crippen LogP) is 1.52. The van der Waals surface area contributed by atoms with Crippen molar-refractivity contribution in [3.63, 3.8) is 0 Å². The number of hydrogen-bond acceptors (Lipinski definition) is 2. The summed E-state index contributed by atoms with van der Waals surface area (Å²) in [6.07, 6.45) is 1.87. The average molecular weight is 520 g/mol. The second-order valence-electron chi connectivity index (χ2n) is 5.62. The van der Waals surface area contributed by atoms with Crippen LogP contribution in [0.5, 0.6) is 0 Å². The van der Waals surface area contributed by atoms with Crippen LogP contribution in [0.15, 0.2) is 53.1 Å². The highest BCUT2D eigenvalue weighted by Crippen LogP contribution is 2.24. The zero-order valence-electron chi connectivity index (χ0n) is 13.7. The molecule has 0 amide bonds. The topological polar surface area (TPSA) is 51.9 Å². The van der Waals surface area contributed by atoms with Gasteiger partial charge in [-0.3, -0.25) is 10.5 Å². The van der Waals surface area contributed by atoms with E-state index in [1.807, 2.05) is 42.1 Å². The molecule has 2 N–H and O–H groups in total. The lowest BCUT2D eigenvalue weighted by Gasteiger charge is -2.02. The number of nitrogen functional groups attached to an aromatic ring is 1. The molecule has 0 spiro atoms. The van der Waals surface area contributed by atoms with E-state index in [0.717, 1.165) is 15.7 Å². The second kappa shape index (κ2) is 8.57. The van der Waals surface area contributed by atoms with Crippen molar-refractivity contribution < 1.29 is 26.3 Å². The number of nitrogens with zero attached hydrogens (tertiary/aromatic N) is 2. The molecule has 3 aromatic rings. The SMILES string of the molecule is Cn1c(-c2ccc(Br)cc2)c[n+](CC(=O)c2ccc(Cl)c(Cl)c2)c1N.[Br-]. The Balaban J connectivity index is 0.00000243. The van der Waals surface area contributed by atoms with Crippen molar-refractivity contribution in [3.05, 3.63) is 68.7 Å². The smallest absolute Gasteiger partial charge is 0.355 e. The van der Waals surface area contributed by atoms with Crippen molar-refractivity contribution >= 4 is 50.9 Å². The Morgan fingerprint density at radius 2 is 1.81 bits per heavy atom. The molecule has 8 heteroatoms. The number of aromatic nitrogens is 2. The summed E-state index contributed by atoms with van der Waals surface area (Å²) in [6, 6.07) is 12.7. The molecule has 0 fully saturated rings. The normalized spacial score (nSPS) is 10.5. The van der Waals surface area contributed by atoms with E-state index in [2.05, 4.69) is 15.9 Å². The number of carbonyl (C=O) groups excluding carboxylic acids is 1. The van der Waals surface area contributed by atoms with E-state index in [1.165, 1.54) is 0 Å². The quantitative estimate of drug-likeness (QED) is 0.420. The zero-order valence-corrected chi connectivity index (χ0v) is 18.4. The number of benzene rings is 2. The molecule has 0 bridgehead atoms. The van der Waals surface area contributed by atoms with Crippen LogP contribution in [-0.4, -0.2) is 10.4 Å². The van der Waals surface area contributed by atoms with Gasteiger partial charge in [-0.05, 0) is 30.3 Å². The van der Waals surface area contributed by atoms with Crippen molar-refractivity contribution in [2.75, 3.05) is 5.73 Å². The van der Waals surface area contributed by atoms with Gasteiger partial charge in [0.15, 0.2) is 5.78 Å². The summed E-state index contributed by atoms with van der Waals surface area (Å²) in [5.41, 5.74) is 8.60. The third kappa shape index (κ3) is 4.31. The van der Waals surface area contributed by atoms with E-state index >= 15 is 0 Å². The van der Waals surface area contributed by atoms with Crippen LogP contribution in [-0.2, 0) is 13.6 Å². The number of carbonyl (C=O) groups is 1. The maximum absolute atomic E-state index is 12.5. The van der Waals surface area contributed by atoms with Crippen LogP contribution in [0.1, 0.15) is 10.4 Å². The minimum Gasteiger partial charge on any atom is -1.00 e. The molecule has 0 unspecified atom stereocenters. The highest BCUT2D eigenvalue weighted by atomic mass is 79.9. The van der Waals surface area contributed by atoms with Gasteiger partial charge in [0.25, 0.3) is 0 Å². The molecule has 2 aromatic carbocycles. The van der Waals surface area contributed by atoms with Gasteiger partial charge in [-0.15, -0.1) is 0 Å². The number of rotatable bonds is 4. The van der Waals surface area contributed by atoms with Crippen molar-refractivity contribution in [2.24, 2.45) is 7.05 Å². The summed E-state index contributed by atoms with van der Waals surface area (Å²) in [5.74, 6) is 0.398. The molecule has 1 aromatic heterocycles. The third-order valence-corrected chi connectivity index (χ3v) is 5.24. The Morgan fingerprint density at radius 1 is 1.15 bits per heavy atom. The predicted molar refractivity (Wildman–Crippen MR) is 104 cm³/mol. The van der Waals surface area contributed by atoms with Crippen LogP contribution in [0.2, 0.25) is 10.0 Å². The fourth-order valence-corrected chi connectivity index (χ4v) is 3.11. The molecule has 26 heavy (non-hydrogen) atoms. The second-order valence-corrected chi connectivity index (χ2v) is 7.35. The van der Waals surface area contributed by atoms with E-state index in [9.17, 15) is 4.79 Å². The first-order chi connectivity index (χ1) is 11.9. The fraction of sp³-hybridized carbons (Fsp3) is 0.111. The Kier molecular flexibility index (Phi) is 6.91. The van der Waals surface area contributed by atoms with E-state index in [1.54, 1.807) is 22.8 Å². The maximum Gasteiger partial charge on any atom is 0.355 e. The first-order valence-corrected chi connectivity index (χ1v) is 9.00. The van der Waals surface area contributed by atoms with Gasteiger partial charge in [-0.25, -0.2) is 9.13 Å². The van der Waals surface area contributed by atoms with E-state index in [-0.39, 0.29) is 29.3 Å². The number of nitrogens with two attached hydrogens (primary N) is 1. The van der Waals surface area contributed by atoms with Crippen LogP contribution in [0, 0.1) is 0 Å². The fourth-order valence-electron chi connectivity index (χ4n) is 2.55. The monoisotopic (exact) mass is 517 g/mol. The van der Waals surface area contributed by atoms with Crippen molar-refractivity contribution in [1.82, 2.24) is 4.57 Å². The molecule has 1 heterocycles. The molecule has 0 radical (unpaired) electrons. The first-order valence-electron chi connectivity index (χ1n) is 7.45. The largest absolute Gasteiger partial charge is 1.00 e. The molecule has 136 valence electrons. The van der Waals surface area contributed by atoms with Gasteiger partial charge in [0.2, 0.25) is 0 Å². The van der Waals surface area contributed by atoms with Gasteiger partial charge in [-0.1, -0.05) is 51.3 Å². The lowest BCUT2D eigenvalue weighted by molar-refractivity contribution is -0.667. The molecule has 0 aliphatic carbocycles. The van der Waals surface area contributed by atoms with E-state index in [4.69, 9.17) is 28.9 Å². The Bertz CT molecular complexity index is 956. The molecule has 0 atom stereocenters. The summed E-state index contributed by atoms with van der Waals surface area (Å²) < 4.78 is 4.58. The van der Waals surface area contributed by atoms with E-state index < -0.39 is 0 Å². The minimum atomic E-state index is -0.0942. The molecule has 0 aliphatic heterocycles. The molecule has 0 aliphatic rings. The number of imidazole rings is 1. The third-order valence-electron chi connectivity index (χ3n) is 3.97. The number of hydrogen-bond donors (Lipinski definition) is 1. The average Bonchev–Trinajstić information content (AvgIpc) is 2.86. The molecular formula is C18H15Br2Cl2N3O. The summed E-state index contributed by atoms with van der Waals surface area (Å²) in [4.78, 5) is 12.5. The molecule has 0 saturated carbocycles. The Hall–Kier alpha value is -1.34. The lowest BCUT2D eigenvalue weighted by Crippen LogP contribution is -3.00. The number of Topliss-reactive ketones (excluding diaryl/α,β-unsaturated/α-hetero) is 1. The highest BCUT2D eigenvalue weighted by Gasteiger charge is 2.20. The summed E-state index contributed by atoms with van der Waals surface area (Å²) >= 11 is 15.3. The van der Waals surface area contributed by atoms with Crippen LogP contribution >= 0.6 is 39.1 Å². The summed E-state index contributed by atoms with van der Waals surface area (Å²) in [6.45, 7) is 0.119. The van der Waals surface area contributed by atoms with Crippen LogP contribution < -0.4 is 27.3 Å². The van der Waals surface area contributed by atoms with Crippen molar-refractivity contribution in [2.45, 2.75) is 6.54 Å². The number of anilines is 1. The van der Waals surface area contributed by atoms with Crippen LogP contribution in [0.25, 0.3) is 11.3 Å². The maximum atomic E-state index is 12.5. The van der Waals surface area contributed by atoms with Gasteiger partial charge < -0.3 is 17.0 Å². The zero-order chi connectivity index (χ0) is 18.1. The van der Waals surface area contributed by atoms with Crippen molar-refractivity contribution in [3.8, 4) is 11.3 Å². The Labute approximate surface area is 180 Å². The number of ketones is 1. The summed E-state index contributed by atoms with van der Waals surface area (Å²) in [5, 5.41) is 0.775. The molecular weight excluding hydrogens is 505 g/mol. The van der Waals surface area contributed by atoms with Gasteiger partial charge in [-0.2, -0.15) is 0 Å². The highest BCUT2D eigenvalue weighted by molar-refractivity contribution is 9.10. The van der Waals surface area contributed by atoms with Gasteiger partial charge >= 0.3 is 5.95 Å². The first kappa shape index (κ1) is 21.0. The van der Waals surface area contributed by atoms with Crippen LogP contribution in [0.4, 0.5) is 5.95 Å². The van der Waals surface area contributed by atoms with Gasteiger partial charge in [0.1, 0.15) is 18.4 Å². The minimum absolute atomic E-state index is 0. The van der Waals surface area contributed by atoms with E-state index in [0.29, 0.717) is 21.6 Å². The molecule has 0 saturated heterocycles. The standard InChI is InChI=1S/C18H14BrCl2N3O.BrH/c1-23-16(11-2-5-13(19)6-3-11)9-24(18(23)22)10-17(25)12-4-7-14(20)15(21)8-12;/h2-9,22H,10H2,1H3;1H. The lowest BCUT2D eigenvalue weighted by atomic mass is 10.1. The Morgan fingerprint density at radius 3 is 2.42 bits per heavy atom. The summed E-state index contributed by atoms with van der Waals surface area (Å²) in [7, 11) is 1.87.